The first kappa shape index (κ1) is 27.6. The number of aromatic nitrogens is 2. The summed E-state index contributed by atoms with van der Waals surface area (Å²) in [7, 11) is 0. The van der Waals surface area contributed by atoms with Crippen molar-refractivity contribution in [2.24, 2.45) is 0 Å². The normalized spacial score (nSPS) is 15.4. The lowest BCUT2D eigenvalue weighted by Crippen LogP contribution is -2.43. The first-order chi connectivity index (χ1) is 20.6. The molecule has 6 rings (SSSR count). The fraction of sp³-hybridized carbons (Fsp3) is 0.233. The third kappa shape index (κ3) is 4.84. The molecule has 2 aliphatic rings. The summed E-state index contributed by atoms with van der Waals surface area (Å²) in [6.07, 6.45) is 2.39. The number of benzene rings is 2. The Bertz CT molecular complexity index is 1890. The van der Waals surface area contributed by atoms with Gasteiger partial charge in [0.25, 0.3) is 22.7 Å². The number of amides is 2. The summed E-state index contributed by atoms with van der Waals surface area (Å²) in [5, 5.41) is 15.1. The van der Waals surface area contributed by atoms with Crippen molar-refractivity contribution in [1.82, 2.24) is 20.6 Å². The van der Waals surface area contributed by atoms with Crippen LogP contribution in [-0.4, -0.2) is 46.0 Å². The van der Waals surface area contributed by atoms with E-state index >= 15 is 0 Å². The Labute approximate surface area is 244 Å². The number of nitrogen functional groups attached to an aromatic ring is 1. The van der Waals surface area contributed by atoms with Crippen LogP contribution in [0.5, 0.6) is 5.75 Å². The summed E-state index contributed by atoms with van der Waals surface area (Å²) >= 11 is 0. The monoisotopic (exact) mass is 582 g/mol. The van der Waals surface area contributed by atoms with E-state index in [1.54, 1.807) is 42.2 Å². The summed E-state index contributed by atoms with van der Waals surface area (Å²) in [4.78, 5) is 70.9. The average molecular weight is 583 g/mol. The number of hydrogen-bond acceptors (Lipinski definition) is 10. The van der Waals surface area contributed by atoms with Crippen molar-refractivity contribution in [3.05, 3.63) is 102 Å². The van der Waals surface area contributed by atoms with Crippen LogP contribution >= 0.6 is 0 Å². The Kier molecular flexibility index (Phi) is 6.84. The molecule has 0 bridgehead atoms. The van der Waals surface area contributed by atoms with Gasteiger partial charge in [0.1, 0.15) is 41.4 Å². The van der Waals surface area contributed by atoms with Crippen molar-refractivity contribution in [3.63, 3.8) is 0 Å². The Morgan fingerprint density at radius 2 is 1.84 bits per heavy atom. The number of nitrogens with two attached hydrogens (primary N) is 1. The molecule has 0 saturated heterocycles. The van der Waals surface area contributed by atoms with Gasteiger partial charge in [-0.1, -0.05) is 12.1 Å². The zero-order valence-electron chi connectivity index (χ0n) is 23.0. The predicted molar refractivity (Wildman–Crippen MR) is 155 cm³/mol. The van der Waals surface area contributed by atoms with Crippen LogP contribution in [-0.2, 0) is 13.0 Å². The van der Waals surface area contributed by atoms with Gasteiger partial charge in [0.2, 0.25) is 0 Å². The second-order valence-electron chi connectivity index (χ2n) is 10.4. The SMILES string of the molecule is Cc1c(C(=O)O)ccc2c1CC[C@@H]2NC(=O)c1cc(C(=O)NCc2ccc3c(c2)N(c2c(N)c(=O)c2=O)CCO3)ncn1. The topological polar surface area (TPSA) is 194 Å². The minimum absolute atomic E-state index is 0.00616. The third-order valence-corrected chi connectivity index (χ3v) is 7.89. The molecule has 218 valence electrons. The molecule has 0 spiro atoms. The maximum absolute atomic E-state index is 13.0. The number of carboxylic acids is 1. The largest absolute Gasteiger partial charge is 0.490 e. The molecule has 0 radical (unpaired) electrons. The number of nitrogens with one attached hydrogen (secondary N) is 2. The summed E-state index contributed by atoms with van der Waals surface area (Å²) in [6.45, 7) is 2.51. The van der Waals surface area contributed by atoms with Crippen molar-refractivity contribution < 1.29 is 24.2 Å². The number of carbonyl (C=O) groups is 3. The number of nitrogens with zero attached hydrogens (tertiary/aromatic N) is 3. The minimum atomic E-state index is -0.993. The second-order valence-corrected chi connectivity index (χ2v) is 10.4. The van der Waals surface area contributed by atoms with Crippen LogP contribution < -0.4 is 36.9 Å². The molecule has 0 unspecified atom stereocenters. The number of aromatic carboxylic acids is 1. The summed E-state index contributed by atoms with van der Waals surface area (Å²) in [5.41, 5.74) is 8.44. The molecule has 1 aliphatic heterocycles. The summed E-state index contributed by atoms with van der Waals surface area (Å²) < 4.78 is 5.68. The van der Waals surface area contributed by atoms with E-state index in [1.165, 1.54) is 6.07 Å². The zero-order valence-corrected chi connectivity index (χ0v) is 23.0. The van der Waals surface area contributed by atoms with Crippen molar-refractivity contribution in [3.8, 4) is 5.75 Å². The van der Waals surface area contributed by atoms with E-state index in [1.807, 2.05) is 0 Å². The zero-order chi connectivity index (χ0) is 30.4. The summed E-state index contributed by atoms with van der Waals surface area (Å²) in [5.74, 6) is -1.49. The fourth-order valence-corrected chi connectivity index (χ4v) is 5.64. The lowest BCUT2D eigenvalue weighted by Gasteiger charge is -2.32. The highest BCUT2D eigenvalue weighted by molar-refractivity contribution is 5.97. The molecule has 4 aromatic rings. The molecule has 2 amide bonds. The van der Waals surface area contributed by atoms with E-state index in [4.69, 9.17) is 10.5 Å². The number of ether oxygens (including phenoxy) is 1. The molecule has 1 atom stereocenters. The van der Waals surface area contributed by atoms with Crippen LogP contribution in [0.25, 0.3) is 0 Å². The van der Waals surface area contributed by atoms with Gasteiger partial charge in [-0.2, -0.15) is 0 Å². The Morgan fingerprint density at radius 3 is 2.58 bits per heavy atom. The number of hydrogen-bond donors (Lipinski definition) is 4. The van der Waals surface area contributed by atoms with Gasteiger partial charge in [0.05, 0.1) is 23.8 Å². The highest BCUT2D eigenvalue weighted by Gasteiger charge is 2.30. The predicted octanol–water partition coefficient (Wildman–Crippen LogP) is 1.54. The molecule has 0 saturated carbocycles. The number of carbonyl (C=O) groups excluding carboxylic acids is 2. The van der Waals surface area contributed by atoms with Gasteiger partial charge in [0.15, 0.2) is 0 Å². The lowest BCUT2D eigenvalue weighted by atomic mass is 9.98. The van der Waals surface area contributed by atoms with Crippen LogP contribution in [0.15, 0.2) is 52.3 Å². The molecule has 1 aliphatic carbocycles. The van der Waals surface area contributed by atoms with Gasteiger partial charge in [-0.25, -0.2) is 14.8 Å². The molecule has 0 fully saturated rings. The first-order valence-electron chi connectivity index (χ1n) is 13.5. The third-order valence-electron chi connectivity index (χ3n) is 7.89. The van der Waals surface area contributed by atoms with Crippen LogP contribution in [0.1, 0.15) is 66.1 Å². The van der Waals surface area contributed by atoms with Crippen molar-refractivity contribution in [1.29, 1.82) is 0 Å². The van der Waals surface area contributed by atoms with Crippen LogP contribution in [0.2, 0.25) is 0 Å². The fourth-order valence-electron chi connectivity index (χ4n) is 5.64. The number of anilines is 3. The van der Waals surface area contributed by atoms with Gasteiger partial charge < -0.3 is 31.1 Å². The summed E-state index contributed by atoms with van der Waals surface area (Å²) in [6, 6.07) is 9.46. The van der Waals surface area contributed by atoms with E-state index in [9.17, 15) is 29.1 Å². The minimum Gasteiger partial charge on any atom is -0.490 e. The van der Waals surface area contributed by atoms with Gasteiger partial charge in [-0.15, -0.1) is 0 Å². The first-order valence-corrected chi connectivity index (χ1v) is 13.5. The van der Waals surface area contributed by atoms with Crippen molar-refractivity contribution >= 4 is 34.8 Å². The molecule has 5 N–H and O–H groups in total. The molecule has 13 nitrogen and oxygen atoms in total. The molecular formula is C30H26N6O7. The van der Waals surface area contributed by atoms with Gasteiger partial charge in [-0.3, -0.25) is 19.2 Å². The number of carboxylic acid groups (broad SMARTS) is 1. The Balaban J connectivity index is 1.13. The number of rotatable bonds is 7. The average Bonchev–Trinajstić information content (AvgIpc) is 3.43. The van der Waals surface area contributed by atoms with Crippen molar-refractivity contribution in [2.75, 3.05) is 23.8 Å². The van der Waals surface area contributed by atoms with E-state index in [-0.39, 0.29) is 40.9 Å². The Hall–Kier alpha value is -5.59. The molecule has 43 heavy (non-hydrogen) atoms. The number of fused-ring (bicyclic) bond motifs is 2. The maximum atomic E-state index is 13.0. The standard InChI is InChI=1S/C30H26N6O7/c1-14-16-5-6-19(18(16)4-3-17(14)30(41)42)35-29(40)21-11-20(33-13-34-21)28(39)32-12-15-2-7-23-22(10-15)36(8-9-43-23)25-24(31)26(37)27(25)38/h2-4,7,10-11,13,19H,5-6,8-9,12,31H2,1H3,(H,32,39)(H,35,40)(H,41,42)/t19-/m0/s1. The quantitative estimate of drug-likeness (QED) is 0.231. The van der Waals surface area contributed by atoms with Crippen LogP contribution in [0.4, 0.5) is 17.1 Å². The van der Waals surface area contributed by atoms with Crippen molar-refractivity contribution in [2.45, 2.75) is 32.4 Å². The molecular weight excluding hydrogens is 556 g/mol. The van der Waals surface area contributed by atoms with Crippen LogP contribution in [0, 0.1) is 6.92 Å². The molecule has 13 heteroatoms. The van der Waals surface area contributed by atoms with E-state index in [0.29, 0.717) is 48.6 Å². The smallest absolute Gasteiger partial charge is 0.335 e. The van der Waals surface area contributed by atoms with E-state index in [2.05, 4.69) is 20.6 Å². The second kappa shape index (κ2) is 10.7. The van der Waals surface area contributed by atoms with Gasteiger partial charge >= 0.3 is 5.97 Å². The lowest BCUT2D eigenvalue weighted by molar-refractivity contribution is 0.0695. The maximum Gasteiger partial charge on any atom is 0.335 e. The van der Waals surface area contributed by atoms with Crippen LogP contribution in [0.3, 0.4) is 0 Å². The molecule has 2 heterocycles. The van der Waals surface area contributed by atoms with Gasteiger partial charge in [-0.05, 0) is 60.2 Å². The van der Waals surface area contributed by atoms with E-state index < -0.39 is 28.6 Å². The van der Waals surface area contributed by atoms with E-state index in [0.717, 1.165) is 17.5 Å². The Morgan fingerprint density at radius 1 is 1.07 bits per heavy atom. The molecule has 1 aromatic heterocycles. The highest BCUT2D eigenvalue weighted by Crippen LogP contribution is 2.38. The highest BCUT2D eigenvalue weighted by atomic mass is 16.5. The molecule has 3 aromatic carbocycles. The van der Waals surface area contributed by atoms with Gasteiger partial charge in [0, 0.05) is 12.6 Å².